The molecule has 0 N–H and O–H groups in total. The van der Waals surface area contributed by atoms with Crippen LogP contribution in [0.5, 0.6) is 0 Å². The number of piperidine rings is 2. The second-order valence-corrected chi connectivity index (χ2v) is 8.76. The van der Waals surface area contributed by atoms with Crippen molar-refractivity contribution in [2.75, 3.05) is 26.2 Å². The van der Waals surface area contributed by atoms with Gasteiger partial charge >= 0.3 is 0 Å². The third-order valence-electron chi connectivity index (χ3n) is 7.11. The van der Waals surface area contributed by atoms with Crippen LogP contribution >= 0.6 is 0 Å². The summed E-state index contributed by atoms with van der Waals surface area (Å²) in [6.07, 6.45) is 8.19. The van der Waals surface area contributed by atoms with Crippen LogP contribution in [0, 0.1) is 24.7 Å². The van der Waals surface area contributed by atoms with Crippen molar-refractivity contribution in [3.05, 3.63) is 35.4 Å². The minimum absolute atomic E-state index is 0.103. The smallest absolute Gasteiger partial charge is 0.254 e. The molecule has 27 heavy (non-hydrogen) atoms. The Bertz CT molecular complexity index is 693. The van der Waals surface area contributed by atoms with Crippen LogP contribution in [0.1, 0.15) is 60.9 Å². The fourth-order valence-corrected chi connectivity index (χ4v) is 5.37. The van der Waals surface area contributed by atoms with E-state index in [-0.39, 0.29) is 11.8 Å². The number of hydrogen-bond donors (Lipinski definition) is 0. The molecule has 0 radical (unpaired) electrons. The average Bonchev–Trinajstić information content (AvgIpc) is 2.73. The number of amides is 2. The van der Waals surface area contributed by atoms with Gasteiger partial charge in [-0.1, -0.05) is 37.5 Å². The van der Waals surface area contributed by atoms with Gasteiger partial charge in [0.15, 0.2) is 0 Å². The molecule has 0 spiro atoms. The summed E-state index contributed by atoms with van der Waals surface area (Å²) in [7, 11) is 0. The monoisotopic (exact) mass is 368 g/mol. The predicted octanol–water partition coefficient (Wildman–Crippen LogP) is 3.89. The van der Waals surface area contributed by atoms with Crippen molar-refractivity contribution in [1.29, 1.82) is 0 Å². The van der Waals surface area contributed by atoms with Gasteiger partial charge in [-0.2, -0.15) is 0 Å². The van der Waals surface area contributed by atoms with Gasteiger partial charge in [-0.15, -0.1) is 0 Å². The first-order valence-corrected chi connectivity index (χ1v) is 10.8. The van der Waals surface area contributed by atoms with Crippen molar-refractivity contribution in [3.8, 4) is 0 Å². The molecule has 2 atom stereocenters. The largest absolute Gasteiger partial charge is 0.342 e. The maximum atomic E-state index is 13.1. The molecule has 2 saturated heterocycles. The fraction of sp³-hybridized carbons (Fsp3) is 0.652. The summed E-state index contributed by atoms with van der Waals surface area (Å²) in [4.78, 5) is 29.9. The number of likely N-dealkylation sites (tertiary alicyclic amines) is 2. The van der Waals surface area contributed by atoms with E-state index in [0.717, 1.165) is 48.9 Å². The van der Waals surface area contributed by atoms with Gasteiger partial charge < -0.3 is 9.80 Å². The standard InChI is InChI=1S/C23H32N2O2/c1-17-6-2-5-9-21(17)23(27)24-13-11-19(12-14-24)22(26)25-15-10-18-7-3-4-8-20(18)16-25/h2,5-6,9,18-20H,3-4,7-8,10-16H2,1H3. The Balaban J connectivity index is 1.32. The zero-order valence-corrected chi connectivity index (χ0v) is 16.5. The van der Waals surface area contributed by atoms with Crippen LogP contribution < -0.4 is 0 Å². The first-order valence-electron chi connectivity index (χ1n) is 10.8. The normalized spacial score (nSPS) is 26.6. The number of carbonyl (C=O) groups is 2. The van der Waals surface area contributed by atoms with Crippen molar-refractivity contribution in [1.82, 2.24) is 9.80 Å². The molecule has 1 aliphatic carbocycles. The second kappa shape index (κ2) is 8.04. The van der Waals surface area contributed by atoms with Gasteiger partial charge in [0, 0.05) is 37.7 Å². The van der Waals surface area contributed by atoms with Crippen LogP contribution in [0.25, 0.3) is 0 Å². The van der Waals surface area contributed by atoms with Gasteiger partial charge in [0.05, 0.1) is 0 Å². The van der Waals surface area contributed by atoms with E-state index in [1.54, 1.807) is 0 Å². The molecule has 4 rings (SSSR count). The molecule has 1 aromatic carbocycles. The summed E-state index contributed by atoms with van der Waals surface area (Å²) >= 11 is 0. The molecular formula is C23H32N2O2. The Labute approximate surface area is 162 Å². The van der Waals surface area contributed by atoms with Crippen molar-refractivity contribution in [3.63, 3.8) is 0 Å². The third kappa shape index (κ3) is 3.90. The Hall–Kier alpha value is -1.84. The predicted molar refractivity (Wildman–Crippen MR) is 106 cm³/mol. The van der Waals surface area contributed by atoms with E-state index >= 15 is 0 Å². The van der Waals surface area contributed by atoms with E-state index in [2.05, 4.69) is 4.90 Å². The van der Waals surface area contributed by atoms with Crippen molar-refractivity contribution >= 4 is 11.8 Å². The molecule has 2 heterocycles. The van der Waals surface area contributed by atoms with E-state index in [1.165, 1.54) is 32.1 Å². The molecule has 4 nitrogen and oxygen atoms in total. The minimum atomic E-state index is 0.103. The van der Waals surface area contributed by atoms with Crippen LogP contribution in [0.3, 0.4) is 0 Å². The van der Waals surface area contributed by atoms with Crippen LogP contribution in [0.15, 0.2) is 24.3 Å². The summed E-state index contributed by atoms with van der Waals surface area (Å²) in [5, 5.41) is 0. The Morgan fingerprint density at radius 2 is 1.52 bits per heavy atom. The van der Waals surface area contributed by atoms with E-state index in [1.807, 2.05) is 36.1 Å². The number of carbonyl (C=O) groups excluding carboxylic acids is 2. The number of rotatable bonds is 2. The number of fused-ring (bicyclic) bond motifs is 1. The Morgan fingerprint density at radius 1 is 0.852 bits per heavy atom. The minimum Gasteiger partial charge on any atom is -0.342 e. The zero-order valence-electron chi connectivity index (χ0n) is 16.5. The van der Waals surface area contributed by atoms with Gasteiger partial charge in [0.25, 0.3) is 5.91 Å². The molecular weight excluding hydrogens is 336 g/mol. The summed E-state index contributed by atoms with van der Waals surface area (Å²) < 4.78 is 0. The fourth-order valence-electron chi connectivity index (χ4n) is 5.37. The van der Waals surface area contributed by atoms with Gasteiger partial charge in [-0.05, 0) is 56.1 Å². The lowest BCUT2D eigenvalue weighted by Gasteiger charge is -2.43. The highest BCUT2D eigenvalue weighted by atomic mass is 16.2. The second-order valence-electron chi connectivity index (χ2n) is 8.76. The zero-order chi connectivity index (χ0) is 18.8. The highest BCUT2D eigenvalue weighted by Gasteiger charge is 2.36. The SMILES string of the molecule is Cc1ccccc1C(=O)N1CCC(C(=O)N2CCC3CCCCC3C2)CC1. The molecule has 146 valence electrons. The number of hydrogen-bond acceptors (Lipinski definition) is 2. The Morgan fingerprint density at radius 3 is 2.26 bits per heavy atom. The average molecular weight is 369 g/mol. The van der Waals surface area contributed by atoms with Gasteiger partial charge in [-0.3, -0.25) is 9.59 Å². The van der Waals surface area contributed by atoms with E-state index in [0.29, 0.717) is 19.0 Å². The highest BCUT2D eigenvalue weighted by molar-refractivity contribution is 5.95. The molecule has 3 fully saturated rings. The lowest BCUT2D eigenvalue weighted by molar-refractivity contribution is -0.140. The van der Waals surface area contributed by atoms with Crippen LogP contribution in [0.2, 0.25) is 0 Å². The summed E-state index contributed by atoms with van der Waals surface area (Å²) in [5.74, 6) is 2.16. The van der Waals surface area contributed by atoms with Crippen LogP contribution in [-0.4, -0.2) is 47.8 Å². The summed E-state index contributed by atoms with van der Waals surface area (Å²) in [6, 6.07) is 7.78. The van der Waals surface area contributed by atoms with Gasteiger partial charge in [0.1, 0.15) is 0 Å². The molecule has 1 saturated carbocycles. The van der Waals surface area contributed by atoms with E-state index < -0.39 is 0 Å². The third-order valence-corrected chi connectivity index (χ3v) is 7.11. The molecule has 3 aliphatic rings. The first-order chi connectivity index (χ1) is 13.1. The number of benzene rings is 1. The highest BCUT2D eigenvalue weighted by Crippen LogP contribution is 2.37. The van der Waals surface area contributed by atoms with E-state index in [9.17, 15) is 9.59 Å². The van der Waals surface area contributed by atoms with Gasteiger partial charge in [0.2, 0.25) is 5.91 Å². The molecule has 0 aromatic heterocycles. The lowest BCUT2D eigenvalue weighted by Crippen LogP contribution is -2.49. The molecule has 2 aliphatic heterocycles. The number of nitrogens with zero attached hydrogens (tertiary/aromatic N) is 2. The molecule has 2 amide bonds. The quantitative estimate of drug-likeness (QED) is 0.795. The molecule has 1 aromatic rings. The van der Waals surface area contributed by atoms with Crippen LogP contribution in [-0.2, 0) is 4.79 Å². The first kappa shape index (κ1) is 18.5. The summed E-state index contributed by atoms with van der Waals surface area (Å²) in [6.45, 7) is 5.31. The molecule has 0 bridgehead atoms. The van der Waals surface area contributed by atoms with Crippen molar-refractivity contribution in [2.45, 2.75) is 51.9 Å². The Kier molecular flexibility index (Phi) is 5.51. The van der Waals surface area contributed by atoms with Crippen LogP contribution in [0.4, 0.5) is 0 Å². The van der Waals surface area contributed by atoms with Gasteiger partial charge in [-0.25, -0.2) is 0 Å². The van der Waals surface area contributed by atoms with E-state index in [4.69, 9.17) is 0 Å². The van der Waals surface area contributed by atoms with Crippen molar-refractivity contribution in [2.24, 2.45) is 17.8 Å². The topological polar surface area (TPSA) is 40.6 Å². The molecule has 4 heteroatoms. The number of aryl methyl sites for hydroxylation is 1. The maximum absolute atomic E-state index is 13.1. The maximum Gasteiger partial charge on any atom is 0.254 e. The summed E-state index contributed by atoms with van der Waals surface area (Å²) in [5.41, 5.74) is 1.82. The van der Waals surface area contributed by atoms with Crippen molar-refractivity contribution < 1.29 is 9.59 Å². The lowest BCUT2D eigenvalue weighted by atomic mass is 9.75. The molecule has 2 unspecified atom stereocenters.